The Balaban J connectivity index is 1.79. The molecular formula is C19H29BrN2O3. The van der Waals surface area contributed by atoms with Crippen LogP contribution in [0.25, 0.3) is 0 Å². The first-order valence-electron chi connectivity index (χ1n) is 8.76. The van der Waals surface area contributed by atoms with E-state index in [2.05, 4.69) is 40.7 Å². The van der Waals surface area contributed by atoms with Gasteiger partial charge in [-0.25, -0.2) is 4.79 Å². The molecule has 0 saturated carbocycles. The average molecular weight is 413 g/mol. The summed E-state index contributed by atoms with van der Waals surface area (Å²) in [6, 6.07) is 6.22. The third-order valence-corrected chi connectivity index (χ3v) is 4.75. The van der Waals surface area contributed by atoms with Gasteiger partial charge in [-0.1, -0.05) is 6.07 Å². The smallest absolute Gasteiger partial charge is 0.410 e. The van der Waals surface area contributed by atoms with Crippen molar-refractivity contribution in [3.8, 4) is 5.75 Å². The molecule has 0 radical (unpaired) electrons. The minimum atomic E-state index is -0.455. The number of carbonyl (C=O) groups excluding carboxylic acids is 1. The van der Waals surface area contributed by atoms with Gasteiger partial charge in [-0.3, -0.25) is 4.90 Å². The fourth-order valence-electron chi connectivity index (χ4n) is 2.83. The molecule has 1 fully saturated rings. The van der Waals surface area contributed by atoms with Gasteiger partial charge in [-0.2, -0.15) is 0 Å². The molecule has 1 aromatic carbocycles. The van der Waals surface area contributed by atoms with Gasteiger partial charge < -0.3 is 14.4 Å². The van der Waals surface area contributed by atoms with Crippen LogP contribution < -0.4 is 4.74 Å². The second-order valence-corrected chi connectivity index (χ2v) is 8.46. The molecule has 0 aliphatic carbocycles. The Morgan fingerprint density at radius 1 is 1.32 bits per heavy atom. The molecule has 6 heteroatoms. The van der Waals surface area contributed by atoms with Gasteiger partial charge in [0.15, 0.2) is 0 Å². The highest BCUT2D eigenvalue weighted by Gasteiger charge is 2.30. The topological polar surface area (TPSA) is 42.0 Å². The maximum Gasteiger partial charge on any atom is 0.410 e. The number of hydrogen-bond donors (Lipinski definition) is 0. The molecule has 1 unspecified atom stereocenters. The number of benzene rings is 1. The van der Waals surface area contributed by atoms with Crippen molar-refractivity contribution in [1.29, 1.82) is 0 Å². The molecule has 1 amide bonds. The van der Waals surface area contributed by atoms with Gasteiger partial charge >= 0.3 is 6.09 Å². The van der Waals surface area contributed by atoms with Crippen LogP contribution in [-0.4, -0.2) is 60.3 Å². The molecule has 25 heavy (non-hydrogen) atoms. The van der Waals surface area contributed by atoms with Crippen LogP contribution in [0, 0.1) is 6.92 Å². The predicted octanol–water partition coefficient (Wildman–Crippen LogP) is 4.08. The zero-order valence-electron chi connectivity index (χ0n) is 15.8. The molecule has 0 spiro atoms. The summed E-state index contributed by atoms with van der Waals surface area (Å²) in [7, 11) is 0. The van der Waals surface area contributed by atoms with Gasteiger partial charge in [0.25, 0.3) is 0 Å². The molecule has 0 N–H and O–H groups in total. The van der Waals surface area contributed by atoms with E-state index < -0.39 is 5.60 Å². The van der Waals surface area contributed by atoms with Crippen LogP contribution >= 0.6 is 15.9 Å². The lowest BCUT2D eigenvalue weighted by molar-refractivity contribution is 0.000353. The van der Waals surface area contributed by atoms with E-state index in [1.807, 2.05) is 37.8 Å². The molecule has 5 nitrogen and oxygen atoms in total. The summed E-state index contributed by atoms with van der Waals surface area (Å²) in [5, 5.41) is 0. The Morgan fingerprint density at radius 3 is 2.68 bits per heavy atom. The van der Waals surface area contributed by atoms with Crippen LogP contribution in [0.5, 0.6) is 5.75 Å². The number of amides is 1. The van der Waals surface area contributed by atoms with E-state index in [1.54, 1.807) is 0 Å². The van der Waals surface area contributed by atoms with Gasteiger partial charge in [-0.05, 0) is 68.2 Å². The van der Waals surface area contributed by atoms with Crippen molar-refractivity contribution >= 4 is 22.0 Å². The Bertz CT molecular complexity index is 601. The van der Waals surface area contributed by atoms with E-state index in [-0.39, 0.29) is 12.1 Å². The van der Waals surface area contributed by atoms with Crippen LogP contribution in [0.4, 0.5) is 4.79 Å². The lowest BCUT2D eigenvalue weighted by atomic mass is 10.2. The molecule has 1 aliphatic rings. The number of nitrogens with zero attached hydrogens (tertiary/aromatic N) is 2. The summed E-state index contributed by atoms with van der Waals surface area (Å²) in [5.41, 5.74) is 0.723. The summed E-state index contributed by atoms with van der Waals surface area (Å²) in [4.78, 5) is 16.4. The van der Waals surface area contributed by atoms with Gasteiger partial charge in [0.1, 0.15) is 18.0 Å². The van der Waals surface area contributed by atoms with Crippen molar-refractivity contribution in [2.45, 2.75) is 46.3 Å². The maximum atomic E-state index is 12.3. The fourth-order valence-corrected chi connectivity index (χ4v) is 3.19. The number of hydrogen-bond acceptors (Lipinski definition) is 4. The van der Waals surface area contributed by atoms with Crippen molar-refractivity contribution in [2.24, 2.45) is 0 Å². The molecule has 1 aliphatic heterocycles. The molecule has 140 valence electrons. The SMILES string of the molecule is Cc1ccc(Br)c(OCCN2CCN(C(=O)OC(C)(C)C)C(C)C2)c1. The fraction of sp³-hybridized carbons (Fsp3) is 0.632. The molecular weight excluding hydrogens is 384 g/mol. The van der Waals surface area contributed by atoms with E-state index >= 15 is 0 Å². The van der Waals surface area contributed by atoms with Crippen LogP contribution in [0.1, 0.15) is 33.3 Å². The second kappa shape index (κ2) is 8.41. The van der Waals surface area contributed by atoms with E-state index in [0.717, 1.165) is 29.9 Å². The van der Waals surface area contributed by atoms with Gasteiger partial charge in [0.05, 0.1) is 4.47 Å². The van der Waals surface area contributed by atoms with Crippen LogP contribution in [0.2, 0.25) is 0 Å². The Labute approximate surface area is 159 Å². The van der Waals surface area contributed by atoms with E-state index in [9.17, 15) is 4.79 Å². The zero-order chi connectivity index (χ0) is 18.6. The third-order valence-electron chi connectivity index (χ3n) is 4.09. The Hall–Kier alpha value is -1.27. The highest BCUT2D eigenvalue weighted by Crippen LogP contribution is 2.25. The predicted molar refractivity (Wildman–Crippen MR) is 103 cm³/mol. The van der Waals surface area contributed by atoms with Crippen molar-refractivity contribution < 1.29 is 14.3 Å². The third kappa shape index (κ3) is 6.19. The summed E-state index contributed by atoms with van der Waals surface area (Å²) in [6.07, 6.45) is -0.223. The standard InChI is InChI=1S/C19H29BrN2O3/c1-14-6-7-16(20)17(12-14)24-11-10-21-8-9-22(15(2)13-21)18(23)25-19(3,4)5/h6-7,12,15H,8-11,13H2,1-5H3. The minimum Gasteiger partial charge on any atom is -0.491 e. The molecule has 2 rings (SSSR count). The molecule has 1 saturated heterocycles. The van der Waals surface area contributed by atoms with E-state index in [0.29, 0.717) is 13.2 Å². The number of ether oxygens (including phenoxy) is 2. The minimum absolute atomic E-state index is 0.134. The average Bonchev–Trinajstić information content (AvgIpc) is 2.49. The van der Waals surface area contributed by atoms with Gasteiger partial charge in [-0.15, -0.1) is 0 Å². The highest BCUT2D eigenvalue weighted by molar-refractivity contribution is 9.10. The summed E-state index contributed by atoms with van der Waals surface area (Å²) in [6.45, 7) is 13.6. The number of halogens is 1. The van der Waals surface area contributed by atoms with Gasteiger partial charge in [0, 0.05) is 32.2 Å². The second-order valence-electron chi connectivity index (χ2n) is 7.61. The molecule has 0 aromatic heterocycles. The van der Waals surface area contributed by atoms with Crippen molar-refractivity contribution in [3.63, 3.8) is 0 Å². The monoisotopic (exact) mass is 412 g/mol. The lowest BCUT2D eigenvalue weighted by Crippen LogP contribution is -2.55. The Morgan fingerprint density at radius 2 is 2.04 bits per heavy atom. The Kier molecular flexibility index (Phi) is 6.74. The van der Waals surface area contributed by atoms with Crippen LogP contribution in [-0.2, 0) is 4.74 Å². The maximum absolute atomic E-state index is 12.3. The van der Waals surface area contributed by atoms with Crippen molar-refractivity contribution in [3.05, 3.63) is 28.2 Å². The quantitative estimate of drug-likeness (QED) is 0.746. The first kappa shape index (κ1) is 20.0. The van der Waals surface area contributed by atoms with Crippen molar-refractivity contribution in [2.75, 3.05) is 32.8 Å². The van der Waals surface area contributed by atoms with Crippen molar-refractivity contribution in [1.82, 2.24) is 9.80 Å². The molecule has 1 atom stereocenters. The highest BCUT2D eigenvalue weighted by atomic mass is 79.9. The van der Waals surface area contributed by atoms with E-state index in [1.165, 1.54) is 5.56 Å². The number of piperazine rings is 1. The number of aryl methyl sites for hydroxylation is 1. The molecule has 1 aromatic rings. The first-order chi connectivity index (χ1) is 11.7. The molecule has 0 bridgehead atoms. The largest absolute Gasteiger partial charge is 0.491 e. The van der Waals surface area contributed by atoms with Crippen LogP contribution in [0.15, 0.2) is 22.7 Å². The number of rotatable bonds is 4. The van der Waals surface area contributed by atoms with Crippen LogP contribution in [0.3, 0.4) is 0 Å². The van der Waals surface area contributed by atoms with E-state index in [4.69, 9.17) is 9.47 Å². The summed E-state index contributed by atoms with van der Waals surface area (Å²) in [5.74, 6) is 0.875. The summed E-state index contributed by atoms with van der Waals surface area (Å²) >= 11 is 3.52. The summed E-state index contributed by atoms with van der Waals surface area (Å²) < 4.78 is 12.4. The normalized spacial score (nSPS) is 19.0. The van der Waals surface area contributed by atoms with Gasteiger partial charge in [0.2, 0.25) is 0 Å². The molecule has 1 heterocycles. The zero-order valence-corrected chi connectivity index (χ0v) is 17.4. The first-order valence-corrected chi connectivity index (χ1v) is 9.56. The lowest BCUT2D eigenvalue weighted by Gasteiger charge is -2.40. The number of carbonyl (C=O) groups is 1.